The Kier molecular flexibility index (Phi) is 6.00. The Morgan fingerprint density at radius 3 is 2.60 bits per heavy atom. The van der Waals surface area contributed by atoms with Crippen molar-refractivity contribution >= 4 is 104 Å². The van der Waals surface area contributed by atoms with Gasteiger partial charge in [0.15, 0.2) is 16.0 Å². The van der Waals surface area contributed by atoms with Gasteiger partial charge in [0.05, 0.1) is 24.8 Å². The van der Waals surface area contributed by atoms with Crippen molar-refractivity contribution in [3.8, 4) is 0 Å². The number of anilines is 1. The van der Waals surface area contributed by atoms with Crippen LogP contribution in [0.5, 0.6) is 0 Å². The van der Waals surface area contributed by atoms with Crippen molar-refractivity contribution in [1.29, 1.82) is 0 Å². The molecule has 4 rings (SSSR count). The summed E-state index contributed by atoms with van der Waals surface area (Å²) in [5.74, 6) is -1.59. The minimum atomic E-state index is -4.62. The molecule has 1 radical (unpaired) electrons. The average Bonchev–Trinajstić information content (AvgIpc) is 3.19. The number of fused-ring (bicyclic) bond motifs is 2. The zero-order valence-corrected chi connectivity index (χ0v) is 20.9. The number of aromatic nitrogens is 1. The van der Waals surface area contributed by atoms with E-state index in [-0.39, 0.29) is 0 Å². The molecule has 3 aromatic rings. The van der Waals surface area contributed by atoms with Gasteiger partial charge >= 0.3 is 10.1 Å². The first-order valence-electron chi connectivity index (χ1n) is 7.85. The third kappa shape index (κ3) is 4.86. The largest absolute Gasteiger partial charge is 0.743 e. The maximum absolute atomic E-state index is 11.5. The molecular weight excluding hydrogens is 580 g/mol. The summed E-state index contributed by atoms with van der Waals surface area (Å²) >= 11 is 13.2. The molecule has 0 aliphatic carbocycles. The van der Waals surface area contributed by atoms with E-state index in [4.69, 9.17) is 11.6 Å². The van der Waals surface area contributed by atoms with E-state index < -0.39 is 32.0 Å². The molecule has 3 heterocycles. The van der Waals surface area contributed by atoms with Crippen molar-refractivity contribution < 1.29 is 30.5 Å². The van der Waals surface area contributed by atoms with Crippen molar-refractivity contribution in [3.05, 3.63) is 43.1 Å². The van der Waals surface area contributed by atoms with Crippen molar-refractivity contribution in [2.75, 3.05) is 10.8 Å². The Morgan fingerprint density at radius 1 is 1.20 bits per heavy atom. The minimum Gasteiger partial charge on any atom is -0.743 e. The Bertz CT molecular complexity index is 1410. The lowest BCUT2D eigenvalue weighted by Gasteiger charge is -2.16. The lowest BCUT2D eigenvalue weighted by Crippen LogP contribution is -2.39. The van der Waals surface area contributed by atoms with Crippen LogP contribution in [0, 0.1) is 0 Å². The molecule has 0 saturated carbocycles. The third-order valence-corrected chi connectivity index (χ3v) is 9.28. The van der Waals surface area contributed by atoms with Crippen LogP contribution in [0.25, 0.3) is 16.3 Å². The van der Waals surface area contributed by atoms with Crippen LogP contribution in [-0.4, -0.2) is 27.3 Å². The van der Waals surface area contributed by atoms with Crippen LogP contribution >= 0.6 is 62.0 Å². The van der Waals surface area contributed by atoms with Crippen LogP contribution < -0.4 is 9.47 Å². The van der Waals surface area contributed by atoms with Gasteiger partial charge in [-0.3, -0.25) is 0 Å². The summed E-state index contributed by atoms with van der Waals surface area (Å²) in [6.45, 7) is 0. The van der Waals surface area contributed by atoms with Gasteiger partial charge in [0.25, 0.3) is 5.01 Å². The van der Waals surface area contributed by atoms with Gasteiger partial charge in [-0.1, -0.05) is 39.3 Å². The molecule has 8 nitrogen and oxygen atoms in total. The highest BCUT2D eigenvalue weighted by Crippen LogP contribution is 2.52. The normalized spacial score (nSPS) is 16.0. The van der Waals surface area contributed by atoms with Crippen LogP contribution in [0.1, 0.15) is 5.01 Å². The molecule has 2 aromatic heterocycles. The number of thioether (sulfide) groups is 1. The number of thiophene rings is 1. The molecule has 0 unspecified atom stereocenters. The number of nitrogens with zero attached hydrogens (tertiary/aromatic N) is 2. The predicted octanol–water partition coefficient (Wildman–Crippen LogP) is 3.80. The Hall–Kier alpha value is -0.710. The standard InChI is InChI=1S/C15H9BrClN2O6S5/c16-12-4-10-15(27-12)28-14(19(10)7-30(23,24)25)5-13-18(6-29(20,21)22)9-3-8(17)1-2-11(9)26-13/h1-5H,6-7H2. The van der Waals surface area contributed by atoms with Crippen LogP contribution in [0.4, 0.5) is 5.69 Å². The smallest absolute Gasteiger partial charge is 0.313 e. The van der Waals surface area contributed by atoms with Gasteiger partial charge in [-0.05, 0) is 34.1 Å². The van der Waals surface area contributed by atoms with Crippen LogP contribution in [0.15, 0.2) is 37.3 Å². The molecule has 15 heteroatoms. The minimum absolute atomic E-state index is 0.373. The van der Waals surface area contributed by atoms with Gasteiger partial charge in [-0.2, -0.15) is 13.0 Å². The first-order chi connectivity index (χ1) is 13.9. The summed E-state index contributed by atoms with van der Waals surface area (Å²) in [6, 6.07) is 6.60. The van der Waals surface area contributed by atoms with Gasteiger partial charge in [0.1, 0.15) is 4.70 Å². The zero-order valence-electron chi connectivity index (χ0n) is 14.4. The molecule has 0 spiro atoms. The Morgan fingerprint density at radius 2 is 1.93 bits per heavy atom. The maximum atomic E-state index is 11.5. The van der Waals surface area contributed by atoms with Crippen molar-refractivity contribution in [1.82, 2.24) is 0 Å². The highest BCUT2D eigenvalue weighted by molar-refractivity contribution is 9.11. The second kappa shape index (κ2) is 8.01. The lowest BCUT2D eigenvalue weighted by atomic mass is 10.3. The first-order valence-corrected chi connectivity index (χ1v) is 14.6. The number of benzene rings is 1. The molecule has 0 N–H and O–H groups in total. The fourth-order valence-electron chi connectivity index (χ4n) is 2.84. The third-order valence-electron chi connectivity index (χ3n) is 3.92. The van der Waals surface area contributed by atoms with E-state index in [0.717, 1.165) is 8.00 Å². The van der Waals surface area contributed by atoms with E-state index >= 15 is 0 Å². The van der Waals surface area contributed by atoms with Gasteiger partial charge in [-0.25, -0.2) is 8.42 Å². The molecular formula is C15H9BrClN2O6S5. The zero-order chi connectivity index (χ0) is 21.8. The molecule has 159 valence electrons. The quantitative estimate of drug-likeness (QED) is 0.329. The summed E-state index contributed by atoms with van der Waals surface area (Å²) in [4.78, 5) is 1.36. The fraction of sp³-hybridized carbons (Fsp3) is 0.133. The van der Waals surface area contributed by atoms with Gasteiger partial charge in [-0.15, -0.1) is 11.3 Å². The molecule has 0 fully saturated rings. The lowest BCUT2D eigenvalue weighted by molar-refractivity contribution is -0.649. The van der Waals surface area contributed by atoms with E-state index in [1.165, 1.54) is 43.9 Å². The molecule has 1 aromatic carbocycles. The van der Waals surface area contributed by atoms with Crippen molar-refractivity contribution in [2.24, 2.45) is 0 Å². The number of thiazole rings is 1. The highest BCUT2D eigenvalue weighted by atomic mass is 79.9. The molecule has 0 bridgehead atoms. The molecule has 30 heavy (non-hydrogen) atoms. The predicted molar refractivity (Wildman–Crippen MR) is 120 cm³/mol. The first kappa shape index (κ1) is 22.5. The second-order valence-electron chi connectivity index (χ2n) is 6.09. The molecule has 0 amide bonds. The maximum Gasteiger partial charge on any atom is 0.313 e. The molecule has 0 saturated heterocycles. The molecule has 1 aliphatic rings. The van der Waals surface area contributed by atoms with Crippen molar-refractivity contribution in [3.63, 3.8) is 0 Å². The van der Waals surface area contributed by atoms with Crippen LogP contribution in [0.3, 0.4) is 0 Å². The summed E-state index contributed by atoms with van der Waals surface area (Å²) in [6.07, 6.45) is 1.57. The van der Waals surface area contributed by atoms with Crippen LogP contribution in [-0.2, 0) is 30.7 Å². The number of rotatable bonds is 5. The topological polar surface area (TPSA) is 118 Å². The number of halogens is 2. The second-order valence-corrected chi connectivity index (χ2v) is 14.1. The molecule has 0 atom stereocenters. The van der Waals surface area contributed by atoms with Gasteiger partial charge in [0.2, 0.25) is 11.4 Å². The summed E-state index contributed by atoms with van der Waals surface area (Å²) in [7, 11) is -9.21. The van der Waals surface area contributed by atoms with Crippen LogP contribution in [0.2, 0.25) is 5.02 Å². The fourth-order valence-corrected chi connectivity index (χ4v) is 8.76. The highest BCUT2D eigenvalue weighted by Gasteiger charge is 2.33. The van der Waals surface area contributed by atoms with E-state index in [1.54, 1.807) is 30.3 Å². The SMILES string of the molecule is [O]S(=O)(=O)CN1C(=Cc2sc3ccc(Cl)cc3[n+]2CS(=O)(=O)[O-])Sc2sc(Br)cc21. The average molecular weight is 589 g/mol. The number of hydrogen-bond donors (Lipinski definition) is 0. The summed E-state index contributed by atoms with van der Waals surface area (Å²) in [5, 5.41) is 1.20. The van der Waals surface area contributed by atoms with Crippen molar-refractivity contribution in [2.45, 2.75) is 10.1 Å². The Balaban J connectivity index is 1.87. The van der Waals surface area contributed by atoms with Gasteiger partial charge < -0.3 is 9.45 Å². The monoisotopic (exact) mass is 587 g/mol. The van der Waals surface area contributed by atoms with E-state index in [0.29, 0.717) is 31.0 Å². The molecule has 1 aliphatic heterocycles. The van der Waals surface area contributed by atoms with E-state index in [2.05, 4.69) is 15.9 Å². The Labute approximate surface area is 197 Å². The van der Waals surface area contributed by atoms with E-state index in [1.807, 2.05) is 0 Å². The summed E-state index contributed by atoms with van der Waals surface area (Å²) in [5.41, 5.74) is 1.02. The summed E-state index contributed by atoms with van der Waals surface area (Å²) < 4.78 is 72.4. The van der Waals surface area contributed by atoms with Gasteiger partial charge in [0, 0.05) is 11.1 Å². The number of hydrogen-bond acceptors (Lipinski definition) is 9. The van der Waals surface area contributed by atoms with E-state index in [9.17, 15) is 25.9 Å².